The molecule has 0 aliphatic carbocycles. The Bertz CT molecular complexity index is 426. The summed E-state index contributed by atoms with van der Waals surface area (Å²) in [5.74, 6) is -1.41. The molecule has 0 aromatic heterocycles. The normalized spacial score (nSPS) is 18.7. The number of carbonyl (C=O) groups excluding carboxylic acids is 2. The largest absolute Gasteiger partial charge is 0.423 e. The van der Waals surface area contributed by atoms with Gasteiger partial charge >= 0.3 is 5.97 Å². The molecule has 2 rings (SSSR count). The first-order chi connectivity index (χ1) is 6.53. The maximum atomic E-state index is 11.6. The number of hydrogen-bond donors (Lipinski definition) is 0. The van der Waals surface area contributed by atoms with Crippen molar-refractivity contribution < 1.29 is 14.3 Å². The molecule has 1 heterocycles. The first-order valence-electron chi connectivity index (χ1n) is 3.77. The Morgan fingerprint density at radius 1 is 1.14 bits per heavy atom. The van der Waals surface area contributed by atoms with Gasteiger partial charge in [-0.25, -0.2) is 4.79 Å². The zero-order valence-electron chi connectivity index (χ0n) is 6.79. The molecule has 1 aromatic rings. The fraction of sp³-hybridized carbons (Fsp3) is 0.111. The first-order valence-corrected chi connectivity index (χ1v) is 4.53. The number of ketones is 1. The third-order valence-electron chi connectivity index (χ3n) is 1.88. The van der Waals surface area contributed by atoms with Gasteiger partial charge in [-0.05, 0) is 12.1 Å². The number of Topliss-reactive ketones (excluding diaryl/α,β-unsaturated/α-hetero) is 1. The van der Waals surface area contributed by atoms with Crippen molar-refractivity contribution in [2.45, 2.75) is 4.33 Å². The fourth-order valence-electron chi connectivity index (χ4n) is 1.17. The highest BCUT2D eigenvalue weighted by atomic mass is 35.5. The van der Waals surface area contributed by atoms with Crippen LogP contribution in [-0.2, 0) is 4.79 Å². The van der Waals surface area contributed by atoms with E-state index in [9.17, 15) is 9.59 Å². The van der Waals surface area contributed by atoms with Gasteiger partial charge in [0, 0.05) is 0 Å². The van der Waals surface area contributed by atoms with E-state index in [4.69, 9.17) is 27.9 Å². The van der Waals surface area contributed by atoms with Crippen molar-refractivity contribution in [1.82, 2.24) is 0 Å². The molecule has 0 atom stereocenters. The van der Waals surface area contributed by atoms with Crippen molar-refractivity contribution in [3.05, 3.63) is 29.8 Å². The van der Waals surface area contributed by atoms with Crippen LogP contribution in [0.3, 0.4) is 0 Å². The Morgan fingerprint density at radius 3 is 2.50 bits per heavy atom. The lowest BCUT2D eigenvalue weighted by molar-refractivity contribution is -0.134. The monoisotopic (exact) mass is 230 g/mol. The molecule has 14 heavy (non-hydrogen) atoms. The van der Waals surface area contributed by atoms with Crippen LogP contribution in [0.1, 0.15) is 10.4 Å². The molecule has 5 heteroatoms. The Balaban J connectivity index is 2.61. The zero-order valence-corrected chi connectivity index (χ0v) is 8.30. The molecular formula is C9H4Cl2O3. The van der Waals surface area contributed by atoms with Crippen molar-refractivity contribution in [3.63, 3.8) is 0 Å². The van der Waals surface area contributed by atoms with Gasteiger partial charge in [0.05, 0.1) is 5.56 Å². The average Bonchev–Trinajstić information content (AvgIpc) is 2.15. The molecule has 0 saturated carbocycles. The molecule has 0 N–H and O–H groups in total. The minimum atomic E-state index is -2.12. The Kier molecular flexibility index (Phi) is 2.01. The lowest BCUT2D eigenvalue weighted by atomic mass is 10.0. The lowest BCUT2D eigenvalue weighted by Gasteiger charge is -2.23. The molecule has 0 spiro atoms. The topological polar surface area (TPSA) is 43.4 Å². The molecular weight excluding hydrogens is 227 g/mol. The second-order valence-electron chi connectivity index (χ2n) is 2.79. The van der Waals surface area contributed by atoms with Crippen LogP contribution in [0.2, 0.25) is 0 Å². The predicted molar refractivity (Wildman–Crippen MR) is 50.8 cm³/mol. The fourth-order valence-corrected chi connectivity index (χ4v) is 1.45. The molecule has 3 nitrogen and oxygen atoms in total. The zero-order chi connectivity index (χ0) is 10.3. The number of esters is 1. The summed E-state index contributed by atoms with van der Waals surface area (Å²) in [4.78, 5) is 22.8. The minimum Gasteiger partial charge on any atom is -0.423 e. The Hall–Kier alpha value is -1.06. The van der Waals surface area contributed by atoms with Crippen molar-refractivity contribution in [2.75, 3.05) is 0 Å². The van der Waals surface area contributed by atoms with Gasteiger partial charge in [-0.3, -0.25) is 4.79 Å². The van der Waals surface area contributed by atoms with Gasteiger partial charge in [0.25, 0.3) is 4.33 Å². The van der Waals surface area contributed by atoms with E-state index in [1.807, 2.05) is 0 Å². The number of para-hydroxylation sites is 1. The molecule has 0 saturated heterocycles. The Morgan fingerprint density at radius 2 is 1.79 bits per heavy atom. The van der Waals surface area contributed by atoms with Gasteiger partial charge in [-0.1, -0.05) is 35.3 Å². The lowest BCUT2D eigenvalue weighted by Crippen LogP contribution is -2.42. The summed E-state index contributed by atoms with van der Waals surface area (Å²) in [5, 5.41) is 0. The van der Waals surface area contributed by atoms with Crippen molar-refractivity contribution in [3.8, 4) is 5.75 Å². The summed E-state index contributed by atoms with van der Waals surface area (Å²) in [6, 6.07) is 6.30. The van der Waals surface area contributed by atoms with E-state index in [0.29, 0.717) is 0 Å². The number of benzene rings is 1. The SMILES string of the molecule is O=C1Oc2ccccc2C(=O)C1(Cl)Cl. The highest BCUT2D eigenvalue weighted by molar-refractivity contribution is 6.69. The summed E-state index contributed by atoms with van der Waals surface area (Å²) in [7, 11) is 0. The van der Waals surface area contributed by atoms with E-state index in [0.717, 1.165) is 0 Å². The van der Waals surface area contributed by atoms with E-state index in [-0.39, 0.29) is 11.3 Å². The van der Waals surface area contributed by atoms with Gasteiger partial charge in [0.2, 0.25) is 5.78 Å². The number of ether oxygens (including phenoxy) is 1. The van der Waals surface area contributed by atoms with Crippen LogP contribution in [0.4, 0.5) is 0 Å². The first kappa shape index (κ1) is 9.49. The average molecular weight is 231 g/mol. The summed E-state index contributed by atoms with van der Waals surface area (Å²) in [6.45, 7) is 0. The van der Waals surface area contributed by atoms with Crippen LogP contribution in [0, 0.1) is 0 Å². The van der Waals surface area contributed by atoms with Crippen LogP contribution < -0.4 is 4.74 Å². The number of carbonyl (C=O) groups is 2. The van der Waals surface area contributed by atoms with Crippen molar-refractivity contribution in [2.24, 2.45) is 0 Å². The molecule has 0 unspecified atom stereocenters. The van der Waals surface area contributed by atoms with Crippen molar-refractivity contribution in [1.29, 1.82) is 0 Å². The summed E-state index contributed by atoms with van der Waals surface area (Å²) < 4.78 is 2.68. The standard InChI is InChI=1S/C9H4Cl2O3/c10-9(11)7(12)5-3-1-2-4-6(5)14-8(9)13/h1-4H. The van der Waals surface area contributed by atoms with E-state index >= 15 is 0 Å². The number of fused-ring (bicyclic) bond motifs is 1. The molecule has 0 amide bonds. The Labute approximate surface area is 89.6 Å². The molecule has 0 bridgehead atoms. The maximum absolute atomic E-state index is 11.6. The number of hydrogen-bond acceptors (Lipinski definition) is 3. The highest BCUT2D eigenvalue weighted by Gasteiger charge is 2.49. The quantitative estimate of drug-likeness (QED) is 0.296. The third kappa shape index (κ3) is 1.21. The second kappa shape index (κ2) is 2.97. The van der Waals surface area contributed by atoms with Crippen LogP contribution in [0.5, 0.6) is 5.75 Å². The van der Waals surface area contributed by atoms with Gasteiger partial charge in [-0.15, -0.1) is 0 Å². The summed E-state index contributed by atoms with van der Waals surface area (Å²) in [5.41, 5.74) is 0.220. The van der Waals surface area contributed by atoms with Gasteiger partial charge < -0.3 is 4.74 Å². The molecule has 1 aliphatic rings. The second-order valence-corrected chi connectivity index (χ2v) is 4.12. The van der Waals surface area contributed by atoms with E-state index in [1.54, 1.807) is 12.1 Å². The molecule has 1 aliphatic heterocycles. The minimum absolute atomic E-state index is 0.194. The van der Waals surface area contributed by atoms with Crippen LogP contribution in [-0.4, -0.2) is 16.1 Å². The van der Waals surface area contributed by atoms with Gasteiger partial charge in [-0.2, -0.15) is 0 Å². The number of alkyl halides is 2. The molecule has 0 fully saturated rings. The molecule has 72 valence electrons. The summed E-state index contributed by atoms with van der Waals surface area (Å²) >= 11 is 11.1. The van der Waals surface area contributed by atoms with Gasteiger partial charge in [0.1, 0.15) is 5.75 Å². The highest BCUT2D eigenvalue weighted by Crippen LogP contribution is 2.36. The van der Waals surface area contributed by atoms with Crippen molar-refractivity contribution >= 4 is 35.0 Å². The third-order valence-corrected chi connectivity index (χ3v) is 2.53. The van der Waals surface area contributed by atoms with Gasteiger partial charge in [0.15, 0.2) is 0 Å². The van der Waals surface area contributed by atoms with Crippen LogP contribution >= 0.6 is 23.2 Å². The van der Waals surface area contributed by atoms with E-state index in [2.05, 4.69) is 0 Å². The van der Waals surface area contributed by atoms with Crippen LogP contribution in [0.25, 0.3) is 0 Å². The smallest absolute Gasteiger partial charge is 0.356 e. The van der Waals surface area contributed by atoms with E-state index < -0.39 is 16.1 Å². The van der Waals surface area contributed by atoms with Crippen LogP contribution in [0.15, 0.2) is 24.3 Å². The predicted octanol–water partition coefficient (Wildman–Crippen LogP) is 1.96. The number of halogens is 2. The number of rotatable bonds is 0. The summed E-state index contributed by atoms with van der Waals surface area (Å²) in [6.07, 6.45) is 0. The maximum Gasteiger partial charge on any atom is 0.356 e. The molecule has 0 radical (unpaired) electrons. The molecule has 1 aromatic carbocycles. The van der Waals surface area contributed by atoms with E-state index in [1.165, 1.54) is 12.1 Å².